The van der Waals surface area contributed by atoms with Crippen molar-refractivity contribution >= 4 is 26.0 Å². The van der Waals surface area contributed by atoms with Crippen molar-refractivity contribution in [2.45, 2.75) is 32.0 Å². The molecule has 114 valence electrons. The smallest absolute Gasteiger partial charge is 0.262 e. The molecule has 0 unspecified atom stereocenters. The topological polar surface area (TPSA) is 55.2 Å². The highest BCUT2D eigenvalue weighted by Crippen LogP contribution is 2.21. The van der Waals surface area contributed by atoms with Crippen LogP contribution in [0.25, 0.3) is 0 Å². The number of aryl methyl sites for hydroxylation is 2. The van der Waals surface area contributed by atoms with Crippen molar-refractivity contribution in [1.29, 1.82) is 0 Å². The average Bonchev–Trinajstić information content (AvgIpc) is 2.83. The number of hydrogen-bond donors (Lipinski definition) is 0. The number of sulfonamides is 1. The summed E-state index contributed by atoms with van der Waals surface area (Å²) in [5.41, 5.74) is 0.912. The molecular weight excluding hydrogens is 354 g/mol. The fraction of sp³-hybridized carbons (Fsp3) is 0.357. The van der Waals surface area contributed by atoms with Gasteiger partial charge < -0.3 is 4.57 Å². The Morgan fingerprint density at radius 2 is 2.00 bits per heavy atom. The third-order valence-corrected chi connectivity index (χ3v) is 5.77. The van der Waals surface area contributed by atoms with Gasteiger partial charge in [-0.3, -0.25) is 0 Å². The average molecular weight is 372 g/mol. The molecule has 0 spiro atoms. The lowest BCUT2D eigenvalue weighted by Gasteiger charge is -2.16. The van der Waals surface area contributed by atoms with Gasteiger partial charge in [0, 0.05) is 30.8 Å². The second kappa shape index (κ2) is 6.29. The van der Waals surface area contributed by atoms with Crippen LogP contribution in [-0.4, -0.2) is 29.3 Å². The number of hydrogen-bond acceptors (Lipinski definition) is 3. The highest BCUT2D eigenvalue weighted by atomic mass is 79.9. The Kier molecular flexibility index (Phi) is 4.85. The zero-order chi connectivity index (χ0) is 15.6. The van der Waals surface area contributed by atoms with Gasteiger partial charge in [-0.2, -0.15) is 4.31 Å². The molecule has 0 N–H and O–H groups in total. The van der Waals surface area contributed by atoms with E-state index in [1.54, 1.807) is 20.2 Å². The van der Waals surface area contributed by atoms with Crippen molar-refractivity contribution in [2.24, 2.45) is 0 Å². The van der Waals surface area contributed by atoms with Gasteiger partial charge in [0.2, 0.25) is 0 Å². The second-order valence-electron chi connectivity index (χ2n) is 4.76. The molecule has 0 saturated carbocycles. The van der Waals surface area contributed by atoms with Gasteiger partial charge in [-0.15, -0.1) is 0 Å². The van der Waals surface area contributed by atoms with Crippen molar-refractivity contribution in [2.75, 3.05) is 7.05 Å². The quantitative estimate of drug-likeness (QED) is 0.811. The van der Waals surface area contributed by atoms with Crippen LogP contribution in [0, 0.1) is 6.92 Å². The summed E-state index contributed by atoms with van der Waals surface area (Å²) >= 11 is 3.43. The van der Waals surface area contributed by atoms with Crippen LogP contribution in [0.1, 0.15) is 18.3 Å². The van der Waals surface area contributed by atoms with Crippen molar-refractivity contribution < 1.29 is 8.42 Å². The first kappa shape index (κ1) is 16.2. The summed E-state index contributed by atoms with van der Waals surface area (Å²) in [5, 5.41) is 0.0939. The van der Waals surface area contributed by atoms with Crippen molar-refractivity contribution in [3.05, 3.63) is 46.3 Å². The molecule has 1 aromatic carbocycles. The van der Waals surface area contributed by atoms with E-state index < -0.39 is 10.0 Å². The van der Waals surface area contributed by atoms with Crippen LogP contribution in [0.15, 0.2) is 40.0 Å². The van der Waals surface area contributed by atoms with E-state index in [0.717, 1.165) is 10.0 Å². The first-order valence-corrected chi connectivity index (χ1v) is 8.83. The Labute approximate surface area is 133 Å². The maximum absolute atomic E-state index is 12.6. The number of halogens is 1. The third-order valence-electron chi connectivity index (χ3n) is 3.32. The number of aromatic nitrogens is 2. The summed E-state index contributed by atoms with van der Waals surface area (Å²) in [6.07, 6.45) is 1.58. The third kappa shape index (κ3) is 3.36. The summed E-state index contributed by atoms with van der Waals surface area (Å²) < 4.78 is 29.2. The SMILES string of the molecule is CCn1cc(S(=O)(=O)N(C)Cc2ccccc2Br)nc1C. The van der Waals surface area contributed by atoms with Crippen molar-refractivity contribution in [3.8, 4) is 0 Å². The number of benzene rings is 1. The minimum Gasteiger partial charge on any atom is -0.334 e. The monoisotopic (exact) mass is 371 g/mol. The van der Waals surface area contributed by atoms with E-state index >= 15 is 0 Å². The lowest BCUT2D eigenvalue weighted by atomic mass is 10.2. The highest BCUT2D eigenvalue weighted by molar-refractivity contribution is 9.10. The fourth-order valence-corrected chi connectivity index (χ4v) is 3.58. The summed E-state index contributed by atoms with van der Waals surface area (Å²) in [6.45, 7) is 4.75. The van der Waals surface area contributed by atoms with E-state index in [4.69, 9.17) is 0 Å². The lowest BCUT2D eigenvalue weighted by molar-refractivity contribution is 0.463. The molecule has 7 heteroatoms. The van der Waals surface area contributed by atoms with E-state index in [2.05, 4.69) is 20.9 Å². The Hall–Kier alpha value is -1.18. The molecule has 5 nitrogen and oxygen atoms in total. The van der Waals surface area contributed by atoms with E-state index in [-0.39, 0.29) is 5.03 Å². The molecule has 0 bridgehead atoms. The minimum absolute atomic E-state index is 0.0939. The molecule has 0 amide bonds. The van der Waals surface area contributed by atoms with Crippen LogP contribution in [0.3, 0.4) is 0 Å². The number of nitrogens with zero attached hydrogens (tertiary/aromatic N) is 3. The molecule has 0 aliphatic rings. The largest absolute Gasteiger partial charge is 0.334 e. The predicted molar refractivity (Wildman–Crippen MR) is 85.4 cm³/mol. The first-order chi connectivity index (χ1) is 9.86. The molecule has 0 aliphatic carbocycles. The van der Waals surface area contributed by atoms with Gasteiger partial charge in [0.25, 0.3) is 10.0 Å². The summed E-state index contributed by atoms with van der Waals surface area (Å²) in [7, 11) is -2.02. The maximum atomic E-state index is 12.6. The van der Waals surface area contributed by atoms with E-state index in [9.17, 15) is 8.42 Å². The molecule has 2 rings (SSSR count). The Bertz CT molecular complexity index is 740. The van der Waals surface area contributed by atoms with Gasteiger partial charge in [0.05, 0.1) is 0 Å². The van der Waals surface area contributed by atoms with Crippen molar-refractivity contribution in [3.63, 3.8) is 0 Å². The molecule has 1 heterocycles. The Morgan fingerprint density at radius 1 is 1.33 bits per heavy atom. The Morgan fingerprint density at radius 3 is 2.57 bits per heavy atom. The van der Waals surface area contributed by atoms with Gasteiger partial charge in [-0.05, 0) is 25.5 Å². The summed E-state index contributed by atoms with van der Waals surface area (Å²) in [5.74, 6) is 0.699. The molecular formula is C14H18BrN3O2S. The Balaban J connectivity index is 2.28. The van der Waals surface area contributed by atoms with Gasteiger partial charge in [0.1, 0.15) is 5.82 Å². The van der Waals surface area contributed by atoms with Crippen LogP contribution in [0.4, 0.5) is 0 Å². The summed E-state index contributed by atoms with van der Waals surface area (Å²) in [4.78, 5) is 4.16. The van der Waals surface area contributed by atoms with E-state index in [1.807, 2.05) is 35.8 Å². The second-order valence-corrected chi connectivity index (χ2v) is 7.61. The zero-order valence-electron chi connectivity index (χ0n) is 12.2. The lowest BCUT2D eigenvalue weighted by Crippen LogP contribution is -2.27. The van der Waals surface area contributed by atoms with Crippen LogP contribution < -0.4 is 0 Å². The number of imidazole rings is 1. The number of rotatable bonds is 5. The zero-order valence-corrected chi connectivity index (χ0v) is 14.6. The molecule has 21 heavy (non-hydrogen) atoms. The van der Waals surface area contributed by atoms with Crippen LogP contribution in [0.5, 0.6) is 0 Å². The van der Waals surface area contributed by atoms with Gasteiger partial charge >= 0.3 is 0 Å². The molecule has 0 radical (unpaired) electrons. The maximum Gasteiger partial charge on any atom is 0.262 e. The normalized spacial score (nSPS) is 12.0. The highest BCUT2D eigenvalue weighted by Gasteiger charge is 2.25. The van der Waals surface area contributed by atoms with Crippen LogP contribution in [0.2, 0.25) is 0 Å². The van der Waals surface area contributed by atoms with Gasteiger partial charge in [0.15, 0.2) is 5.03 Å². The molecule has 1 aromatic heterocycles. The van der Waals surface area contributed by atoms with Gasteiger partial charge in [-0.1, -0.05) is 34.1 Å². The first-order valence-electron chi connectivity index (χ1n) is 6.59. The van der Waals surface area contributed by atoms with Crippen molar-refractivity contribution in [1.82, 2.24) is 13.9 Å². The molecule has 0 saturated heterocycles. The van der Waals surface area contributed by atoms with Crippen LogP contribution >= 0.6 is 15.9 Å². The van der Waals surface area contributed by atoms with Crippen LogP contribution in [-0.2, 0) is 23.1 Å². The van der Waals surface area contributed by atoms with E-state index in [0.29, 0.717) is 18.9 Å². The fourth-order valence-electron chi connectivity index (χ4n) is 2.03. The molecule has 0 aliphatic heterocycles. The molecule has 0 fully saturated rings. The van der Waals surface area contributed by atoms with Gasteiger partial charge in [-0.25, -0.2) is 13.4 Å². The predicted octanol–water partition coefficient (Wildman–Crippen LogP) is 2.79. The summed E-state index contributed by atoms with van der Waals surface area (Å²) in [6, 6.07) is 7.57. The van der Waals surface area contributed by atoms with E-state index in [1.165, 1.54) is 4.31 Å². The molecule has 2 aromatic rings. The standard InChI is InChI=1S/C14H18BrN3O2S/c1-4-18-10-14(16-11(18)2)21(19,20)17(3)9-12-7-5-6-8-13(12)15/h5-8,10H,4,9H2,1-3H3. The molecule has 0 atom stereocenters. The minimum atomic E-state index is -3.59.